The van der Waals surface area contributed by atoms with Crippen LogP contribution in [0, 0.1) is 0 Å². The van der Waals surface area contributed by atoms with Crippen LogP contribution in [0.1, 0.15) is 16.7 Å². The molecule has 0 atom stereocenters. The molecule has 0 fully saturated rings. The van der Waals surface area contributed by atoms with Crippen molar-refractivity contribution in [3.63, 3.8) is 0 Å². The minimum Gasteiger partial charge on any atom is -0.508 e. The fourth-order valence-electron chi connectivity index (χ4n) is 2.57. The third-order valence-corrected chi connectivity index (χ3v) is 3.60. The van der Waals surface area contributed by atoms with Crippen LogP contribution in [-0.4, -0.2) is 16.6 Å². The first kappa shape index (κ1) is 11.3. The number of nitrogens with zero attached hydrogens (tertiary/aromatic N) is 1. The topological polar surface area (TPSA) is 23.5 Å². The summed E-state index contributed by atoms with van der Waals surface area (Å²) in [5, 5.41) is 9.81. The zero-order chi connectivity index (χ0) is 12.4. The van der Waals surface area contributed by atoms with Gasteiger partial charge in [-0.25, -0.2) is 0 Å². The third kappa shape index (κ3) is 2.24. The number of aromatic hydroxyl groups is 1. The molecule has 0 amide bonds. The van der Waals surface area contributed by atoms with Gasteiger partial charge < -0.3 is 5.11 Å². The summed E-state index contributed by atoms with van der Waals surface area (Å²) in [6.45, 7) is 2.86. The lowest BCUT2D eigenvalue weighted by Crippen LogP contribution is -2.29. The number of fused-ring (bicyclic) bond motifs is 1. The third-order valence-electron chi connectivity index (χ3n) is 3.60. The smallest absolute Gasteiger partial charge is 0.120 e. The van der Waals surface area contributed by atoms with Gasteiger partial charge in [-0.2, -0.15) is 0 Å². The Balaban J connectivity index is 1.75. The number of para-hydroxylation sites is 1. The van der Waals surface area contributed by atoms with Crippen LogP contribution in [0.2, 0.25) is 0 Å². The summed E-state index contributed by atoms with van der Waals surface area (Å²) in [6.07, 6.45) is 1.10. The lowest BCUT2D eigenvalue weighted by Gasteiger charge is -2.28. The van der Waals surface area contributed by atoms with E-state index in [1.54, 1.807) is 6.07 Å². The van der Waals surface area contributed by atoms with Crippen molar-refractivity contribution in [2.45, 2.75) is 19.5 Å². The molecule has 2 aromatic carbocycles. The molecule has 0 saturated heterocycles. The summed E-state index contributed by atoms with van der Waals surface area (Å²) in [5.41, 5.74) is 3.89. The fourth-order valence-corrected chi connectivity index (χ4v) is 2.57. The number of hydrogen-bond donors (Lipinski definition) is 1. The second-order valence-electron chi connectivity index (χ2n) is 4.86. The number of phenols is 1. The molecule has 0 aliphatic carbocycles. The first-order valence-corrected chi connectivity index (χ1v) is 6.39. The Morgan fingerprint density at radius 2 is 1.67 bits per heavy atom. The standard InChI is InChI=1S/C16H17NO/c18-16-8-4-3-7-15(16)12-17-10-9-13-5-1-2-6-14(13)11-17/h1-8,18H,9-12H2. The monoisotopic (exact) mass is 239 g/mol. The number of hydrogen-bond acceptors (Lipinski definition) is 2. The highest BCUT2D eigenvalue weighted by molar-refractivity contribution is 5.33. The molecular weight excluding hydrogens is 222 g/mol. The Kier molecular flexibility index (Phi) is 3.03. The second kappa shape index (κ2) is 4.83. The van der Waals surface area contributed by atoms with Crippen molar-refractivity contribution in [3.8, 4) is 5.75 Å². The molecule has 0 radical (unpaired) electrons. The van der Waals surface area contributed by atoms with Gasteiger partial charge in [-0.05, 0) is 23.6 Å². The van der Waals surface area contributed by atoms with Crippen LogP contribution in [0.4, 0.5) is 0 Å². The van der Waals surface area contributed by atoms with Gasteiger partial charge in [-0.15, -0.1) is 0 Å². The number of phenolic OH excluding ortho intramolecular Hbond substituents is 1. The Morgan fingerprint density at radius 1 is 0.944 bits per heavy atom. The summed E-state index contributed by atoms with van der Waals surface area (Å²) in [6, 6.07) is 16.2. The average Bonchev–Trinajstić information content (AvgIpc) is 2.41. The number of benzene rings is 2. The lowest BCUT2D eigenvalue weighted by atomic mass is 9.99. The van der Waals surface area contributed by atoms with Crippen LogP contribution >= 0.6 is 0 Å². The molecule has 0 saturated carbocycles. The molecule has 92 valence electrons. The van der Waals surface area contributed by atoms with E-state index in [2.05, 4.69) is 29.2 Å². The summed E-state index contributed by atoms with van der Waals surface area (Å²) in [7, 11) is 0. The van der Waals surface area contributed by atoms with E-state index in [4.69, 9.17) is 0 Å². The van der Waals surface area contributed by atoms with Crippen molar-refractivity contribution in [3.05, 3.63) is 65.2 Å². The van der Waals surface area contributed by atoms with Crippen LogP contribution in [-0.2, 0) is 19.5 Å². The maximum Gasteiger partial charge on any atom is 0.120 e. The van der Waals surface area contributed by atoms with Gasteiger partial charge in [0.05, 0.1) is 0 Å². The van der Waals surface area contributed by atoms with Gasteiger partial charge in [0.25, 0.3) is 0 Å². The molecule has 1 heterocycles. The average molecular weight is 239 g/mol. The Hall–Kier alpha value is -1.80. The zero-order valence-corrected chi connectivity index (χ0v) is 10.3. The van der Waals surface area contributed by atoms with Gasteiger partial charge in [0.15, 0.2) is 0 Å². The predicted octanol–water partition coefficient (Wildman–Crippen LogP) is 2.95. The summed E-state index contributed by atoms with van der Waals surface area (Å²) >= 11 is 0. The van der Waals surface area contributed by atoms with E-state index in [-0.39, 0.29) is 0 Å². The van der Waals surface area contributed by atoms with Gasteiger partial charge in [0.2, 0.25) is 0 Å². The van der Waals surface area contributed by atoms with Crippen LogP contribution in [0.15, 0.2) is 48.5 Å². The molecule has 1 N–H and O–H groups in total. The summed E-state index contributed by atoms with van der Waals surface area (Å²) in [5.74, 6) is 0.399. The predicted molar refractivity (Wildman–Crippen MR) is 72.4 cm³/mol. The summed E-state index contributed by atoms with van der Waals surface area (Å²) in [4.78, 5) is 2.39. The highest BCUT2D eigenvalue weighted by Gasteiger charge is 2.16. The first-order valence-electron chi connectivity index (χ1n) is 6.39. The molecule has 1 aliphatic rings. The van der Waals surface area contributed by atoms with E-state index in [0.29, 0.717) is 5.75 Å². The minimum absolute atomic E-state index is 0.399. The molecule has 2 aromatic rings. The molecular formula is C16H17NO. The molecule has 1 aliphatic heterocycles. The second-order valence-corrected chi connectivity index (χ2v) is 4.86. The van der Waals surface area contributed by atoms with Crippen molar-refractivity contribution < 1.29 is 5.11 Å². The largest absolute Gasteiger partial charge is 0.508 e. The molecule has 3 rings (SSSR count). The van der Waals surface area contributed by atoms with Gasteiger partial charge in [-0.1, -0.05) is 42.5 Å². The normalized spacial score (nSPS) is 15.3. The Bertz CT molecular complexity index is 550. The Labute approximate surface area is 107 Å². The van der Waals surface area contributed by atoms with E-state index < -0.39 is 0 Å². The van der Waals surface area contributed by atoms with Crippen LogP contribution in [0.3, 0.4) is 0 Å². The fraction of sp³-hybridized carbons (Fsp3) is 0.250. The van der Waals surface area contributed by atoms with Gasteiger partial charge in [0, 0.05) is 25.2 Å². The van der Waals surface area contributed by atoms with E-state index >= 15 is 0 Å². The molecule has 0 unspecified atom stereocenters. The van der Waals surface area contributed by atoms with Crippen LogP contribution < -0.4 is 0 Å². The maximum absolute atomic E-state index is 9.81. The summed E-state index contributed by atoms with van der Waals surface area (Å²) < 4.78 is 0. The van der Waals surface area contributed by atoms with Crippen molar-refractivity contribution in [2.24, 2.45) is 0 Å². The lowest BCUT2D eigenvalue weighted by molar-refractivity contribution is 0.242. The molecule has 0 aromatic heterocycles. The van der Waals surface area contributed by atoms with Gasteiger partial charge in [-0.3, -0.25) is 4.90 Å². The molecule has 2 heteroatoms. The SMILES string of the molecule is Oc1ccccc1CN1CCc2ccccc2C1. The van der Waals surface area contributed by atoms with Crippen molar-refractivity contribution in [1.82, 2.24) is 4.90 Å². The molecule has 18 heavy (non-hydrogen) atoms. The van der Waals surface area contributed by atoms with Gasteiger partial charge in [0.1, 0.15) is 5.75 Å². The van der Waals surface area contributed by atoms with Crippen LogP contribution in [0.5, 0.6) is 5.75 Å². The zero-order valence-electron chi connectivity index (χ0n) is 10.3. The molecule has 0 spiro atoms. The number of rotatable bonds is 2. The first-order chi connectivity index (χ1) is 8.83. The van der Waals surface area contributed by atoms with E-state index in [1.165, 1.54) is 11.1 Å². The minimum atomic E-state index is 0.399. The highest BCUT2D eigenvalue weighted by Crippen LogP contribution is 2.23. The Morgan fingerprint density at radius 3 is 2.50 bits per heavy atom. The van der Waals surface area contributed by atoms with Crippen molar-refractivity contribution in [1.29, 1.82) is 0 Å². The maximum atomic E-state index is 9.81. The molecule has 2 nitrogen and oxygen atoms in total. The van der Waals surface area contributed by atoms with E-state index in [9.17, 15) is 5.11 Å². The van der Waals surface area contributed by atoms with Crippen LogP contribution in [0.25, 0.3) is 0 Å². The quantitative estimate of drug-likeness (QED) is 0.871. The van der Waals surface area contributed by atoms with Crippen molar-refractivity contribution in [2.75, 3.05) is 6.54 Å². The van der Waals surface area contributed by atoms with E-state index in [1.807, 2.05) is 18.2 Å². The van der Waals surface area contributed by atoms with E-state index in [0.717, 1.165) is 31.6 Å². The molecule has 0 bridgehead atoms. The highest BCUT2D eigenvalue weighted by atomic mass is 16.3. The van der Waals surface area contributed by atoms with Crippen molar-refractivity contribution >= 4 is 0 Å². The van der Waals surface area contributed by atoms with Gasteiger partial charge >= 0.3 is 0 Å².